The van der Waals surface area contributed by atoms with Crippen LogP contribution in [0.1, 0.15) is 39.0 Å². The Morgan fingerprint density at radius 2 is 2.08 bits per heavy atom. The van der Waals surface area contributed by atoms with E-state index < -0.39 is 0 Å². The van der Waals surface area contributed by atoms with Gasteiger partial charge in [0, 0.05) is 25.7 Å². The fourth-order valence-electron chi connectivity index (χ4n) is 2.85. The molecule has 1 aliphatic heterocycles. The summed E-state index contributed by atoms with van der Waals surface area (Å²) in [5, 5.41) is 0. The molecule has 2 rings (SSSR count). The maximum Gasteiger partial charge on any atom is 0.0230 e. The predicted molar refractivity (Wildman–Crippen MR) is 55.6 cm³/mol. The maximum absolute atomic E-state index is 5.70. The van der Waals surface area contributed by atoms with Gasteiger partial charge in [0.2, 0.25) is 0 Å². The van der Waals surface area contributed by atoms with Crippen molar-refractivity contribution < 1.29 is 0 Å². The van der Waals surface area contributed by atoms with E-state index in [1.54, 1.807) is 0 Å². The van der Waals surface area contributed by atoms with Crippen molar-refractivity contribution in [3.05, 3.63) is 0 Å². The van der Waals surface area contributed by atoms with E-state index in [1.807, 2.05) is 0 Å². The molecule has 2 fully saturated rings. The third kappa shape index (κ3) is 1.89. The molecule has 2 heteroatoms. The Morgan fingerprint density at radius 1 is 1.38 bits per heavy atom. The van der Waals surface area contributed by atoms with E-state index in [1.165, 1.54) is 45.2 Å². The Labute approximate surface area is 81.5 Å². The van der Waals surface area contributed by atoms with Crippen molar-refractivity contribution in [1.82, 2.24) is 4.90 Å². The molecule has 1 unspecified atom stereocenters. The SMILES string of the molecule is CC1(CN2CCC2CN)CCCC1. The summed E-state index contributed by atoms with van der Waals surface area (Å²) in [7, 11) is 0. The average Bonchev–Trinajstić information content (AvgIpc) is 2.48. The van der Waals surface area contributed by atoms with Crippen molar-refractivity contribution in [2.45, 2.75) is 45.1 Å². The zero-order chi connectivity index (χ0) is 9.31. The van der Waals surface area contributed by atoms with E-state index in [0.29, 0.717) is 11.5 Å². The summed E-state index contributed by atoms with van der Waals surface area (Å²) in [4.78, 5) is 2.59. The average molecular weight is 182 g/mol. The van der Waals surface area contributed by atoms with Gasteiger partial charge in [-0.1, -0.05) is 19.8 Å². The van der Waals surface area contributed by atoms with Crippen LogP contribution in [-0.2, 0) is 0 Å². The molecule has 2 N–H and O–H groups in total. The van der Waals surface area contributed by atoms with E-state index in [4.69, 9.17) is 5.73 Å². The fourth-order valence-corrected chi connectivity index (χ4v) is 2.85. The van der Waals surface area contributed by atoms with Crippen LogP contribution < -0.4 is 5.73 Å². The lowest BCUT2D eigenvalue weighted by Crippen LogP contribution is -2.54. The van der Waals surface area contributed by atoms with Gasteiger partial charge < -0.3 is 5.73 Å². The van der Waals surface area contributed by atoms with E-state index >= 15 is 0 Å². The standard InChI is InChI=1S/C11H22N2/c1-11(5-2-3-6-11)9-13-7-4-10(13)8-12/h10H,2-9,12H2,1H3. The Hall–Kier alpha value is -0.0800. The van der Waals surface area contributed by atoms with Crippen molar-refractivity contribution in [3.8, 4) is 0 Å². The largest absolute Gasteiger partial charge is 0.329 e. The van der Waals surface area contributed by atoms with Gasteiger partial charge in [-0.3, -0.25) is 4.90 Å². The van der Waals surface area contributed by atoms with Crippen LogP contribution in [0, 0.1) is 5.41 Å². The molecule has 0 bridgehead atoms. The van der Waals surface area contributed by atoms with Crippen molar-refractivity contribution >= 4 is 0 Å². The van der Waals surface area contributed by atoms with E-state index in [0.717, 1.165) is 6.54 Å². The summed E-state index contributed by atoms with van der Waals surface area (Å²) >= 11 is 0. The van der Waals surface area contributed by atoms with Gasteiger partial charge in [-0.15, -0.1) is 0 Å². The number of nitrogens with two attached hydrogens (primary N) is 1. The highest BCUT2D eigenvalue weighted by Crippen LogP contribution is 2.39. The number of rotatable bonds is 3. The molecule has 1 saturated carbocycles. The molecular weight excluding hydrogens is 160 g/mol. The number of likely N-dealkylation sites (tertiary alicyclic amines) is 1. The summed E-state index contributed by atoms with van der Waals surface area (Å²) in [6.45, 7) is 5.90. The molecule has 1 atom stereocenters. The molecule has 0 aromatic rings. The molecule has 0 spiro atoms. The molecule has 2 nitrogen and oxygen atoms in total. The molecule has 0 radical (unpaired) electrons. The van der Waals surface area contributed by atoms with Crippen molar-refractivity contribution in [1.29, 1.82) is 0 Å². The summed E-state index contributed by atoms with van der Waals surface area (Å²) < 4.78 is 0. The quantitative estimate of drug-likeness (QED) is 0.718. The first kappa shape index (κ1) is 9.47. The van der Waals surface area contributed by atoms with E-state index in [-0.39, 0.29) is 0 Å². The molecular formula is C11H22N2. The van der Waals surface area contributed by atoms with Gasteiger partial charge in [-0.05, 0) is 24.7 Å². The second kappa shape index (κ2) is 3.58. The van der Waals surface area contributed by atoms with Crippen molar-refractivity contribution in [2.24, 2.45) is 11.1 Å². The van der Waals surface area contributed by atoms with Crippen LogP contribution >= 0.6 is 0 Å². The first-order chi connectivity index (χ1) is 6.23. The Balaban J connectivity index is 1.83. The van der Waals surface area contributed by atoms with Crippen LogP contribution in [0.15, 0.2) is 0 Å². The fraction of sp³-hybridized carbons (Fsp3) is 1.00. The molecule has 0 aromatic carbocycles. The Morgan fingerprint density at radius 3 is 2.54 bits per heavy atom. The van der Waals surface area contributed by atoms with E-state index in [2.05, 4.69) is 11.8 Å². The molecule has 1 aliphatic carbocycles. The van der Waals surface area contributed by atoms with Gasteiger partial charge >= 0.3 is 0 Å². The highest BCUT2D eigenvalue weighted by molar-refractivity contribution is 4.90. The van der Waals surface area contributed by atoms with E-state index in [9.17, 15) is 0 Å². The van der Waals surface area contributed by atoms with Crippen LogP contribution in [0.25, 0.3) is 0 Å². The second-order valence-corrected chi connectivity index (χ2v) is 5.17. The monoisotopic (exact) mass is 182 g/mol. The Bertz CT molecular complexity index is 171. The van der Waals surface area contributed by atoms with Gasteiger partial charge in [-0.2, -0.15) is 0 Å². The predicted octanol–water partition coefficient (Wildman–Crippen LogP) is 1.60. The number of hydrogen-bond donors (Lipinski definition) is 1. The van der Waals surface area contributed by atoms with Crippen LogP contribution in [0.2, 0.25) is 0 Å². The van der Waals surface area contributed by atoms with Gasteiger partial charge in [0.25, 0.3) is 0 Å². The van der Waals surface area contributed by atoms with Crippen LogP contribution in [0.4, 0.5) is 0 Å². The zero-order valence-corrected chi connectivity index (χ0v) is 8.76. The number of nitrogens with zero attached hydrogens (tertiary/aromatic N) is 1. The minimum Gasteiger partial charge on any atom is -0.329 e. The molecule has 0 amide bonds. The number of hydrogen-bond acceptors (Lipinski definition) is 2. The van der Waals surface area contributed by atoms with Gasteiger partial charge in [0.15, 0.2) is 0 Å². The zero-order valence-electron chi connectivity index (χ0n) is 8.76. The molecule has 1 heterocycles. The lowest BCUT2D eigenvalue weighted by Gasteiger charge is -2.44. The van der Waals surface area contributed by atoms with Crippen molar-refractivity contribution in [2.75, 3.05) is 19.6 Å². The van der Waals surface area contributed by atoms with Gasteiger partial charge in [-0.25, -0.2) is 0 Å². The third-order valence-electron chi connectivity index (χ3n) is 3.93. The maximum atomic E-state index is 5.70. The van der Waals surface area contributed by atoms with Gasteiger partial charge in [0.1, 0.15) is 0 Å². The normalized spacial score (nSPS) is 33.2. The van der Waals surface area contributed by atoms with Crippen molar-refractivity contribution in [3.63, 3.8) is 0 Å². The van der Waals surface area contributed by atoms with Crippen LogP contribution in [-0.4, -0.2) is 30.6 Å². The second-order valence-electron chi connectivity index (χ2n) is 5.17. The summed E-state index contributed by atoms with van der Waals surface area (Å²) in [5.74, 6) is 0. The van der Waals surface area contributed by atoms with Crippen LogP contribution in [0.3, 0.4) is 0 Å². The smallest absolute Gasteiger partial charge is 0.0230 e. The topological polar surface area (TPSA) is 29.3 Å². The third-order valence-corrected chi connectivity index (χ3v) is 3.93. The minimum absolute atomic E-state index is 0.619. The lowest BCUT2D eigenvalue weighted by atomic mass is 9.86. The molecule has 1 saturated heterocycles. The molecule has 13 heavy (non-hydrogen) atoms. The highest BCUT2D eigenvalue weighted by Gasteiger charge is 2.35. The molecule has 76 valence electrons. The summed E-state index contributed by atoms with van der Waals surface area (Å²) in [6, 6.07) is 0.706. The first-order valence-corrected chi connectivity index (χ1v) is 5.68. The molecule has 0 aromatic heterocycles. The Kier molecular flexibility index (Phi) is 2.61. The molecule has 2 aliphatic rings. The lowest BCUT2D eigenvalue weighted by molar-refractivity contribution is 0.0489. The van der Waals surface area contributed by atoms with Gasteiger partial charge in [0.05, 0.1) is 0 Å². The minimum atomic E-state index is 0.619. The summed E-state index contributed by atoms with van der Waals surface area (Å²) in [6.07, 6.45) is 7.07. The first-order valence-electron chi connectivity index (χ1n) is 5.68. The highest BCUT2D eigenvalue weighted by atomic mass is 15.2. The summed E-state index contributed by atoms with van der Waals surface area (Å²) in [5.41, 5.74) is 6.32. The van der Waals surface area contributed by atoms with Crippen LogP contribution in [0.5, 0.6) is 0 Å².